The fourth-order valence-corrected chi connectivity index (χ4v) is 5.37. The summed E-state index contributed by atoms with van der Waals surface area (Å²) in [5, 5.41) is 6.20. The Balaban J connectivity index is 1.54. The summed E-state index contributed by atoms with van der Waals surface area (Å²) in [6, 6.07) is 20.6. The van der Waals surface area contributed by atoms with Gasteiger partial charge in [0, 0.05) is 17.8 Å². The summed E-state index contributed by atoms with van der Waals surface area (Å²) in [4.78, 5) is 28.9. The molecule has 3 atom stereocenters. The molecule has 3 aromatic rings. The number of carbonyl (C=O) groups is 2. The lowest BCUT2D eigenvalue weighted by Crippen LogP contribution is -2.72. The van der Waals surface area contributed by atoms with Gasteiger partial charge >= 0.3 is 6.03 Å². The van der Waals surface area contributed by atoms with Gasteiger partial charge in [-0.2, -0.15) is 0 Å². The minimum absolute atomic E-state index is 0.215. The van der Waals surface area contributed by atoms with Crippen molar-refractivity contribution in [2.45, 2.75) is 39.0 Å². The summed E-state index contributed by atoms with van der Waals surface area (Å²) >= 11 is 0. The van der Waals surface area contributed by atoms with Gasteiger partial charge in [0.05, 0.1) is 13.2 Å². The van der Waals surface area contributed by atoms with E-state index in [0.29, 0.717) is 24.5 Å². The molecule has 0 spiro atoms. The number of carbonyl (C=O) groups excluding carboxylic acids is 2. The van der Waals surface area contributed by atoms with Crippen LogP contribution in [0.5, 0.6) is 11.5 Å². The van der Waals surface area contributed by atoms with E-state index < -0.39 is 17.7 Å². The van der Waals surface area contributed by atoms with Gasteiger partial charge in [-0.05, 0) is 50.5 Å². The first kappa shape index (κ1) is 23.7. The summed E-state index contributed by atoms with van der Waals surface area (Å²) in [6.07, 6.45) is 0.627. The van der Waals surface area contributed by atoms with Crippen molar-refractivity contribution in [3.05, 3.63) is 89.0 Å². The first-order valence-electron chi connectivity index (χ1n) is 12.2. The van der Waals surface area contributed by atoms with Crippen molar-refractivity contribution in [2.24, 2.45) is 5.92 Å². The zero-order valence-corrected chi connectivity index (χ0v) is 21.0. The molecule has 3 amide bonds. The van der Waals surface area contributed by atoms with Gasteiger partial charge in [-0.1, -0.05) is 60.2 Å². The van der Waals surface area contributed by atoms with E-state index in [-0.39, 0.29) is 11.9 Å². The number of aryl methyl sites for hydroxylation is 2. The Hall–Kier alpha value is -4.00. The van der Waals surface area contributed by atoms with Gasteiger partial charge in [-0.15, -0.1) is 0 Å². The highest BCUT2D eigenvalue weighted by Gasteiger charge is 2.60. The molecule has 2 heterocycles. The molecule has 2 bridgehead atoms. The Morgan fingerprint density at radius 1 is 1.11 bits per heavy atom. The number of hydrogen-bond donors (Lipinski definition) is 2. The van der Waals surface area contributed by atoms with E-state index >= 15 is 0 Å². The zero-order chi connectivity index (χ0) is 25.4. The SMILES string of the molecule is COc1cccc2c1OC1(C)C(C(=O)Nc3ccc(C)cc3C)C2NC(=O)N1CCc1ccccc1. The monoisotopic (exact) mass is 485 g/mol. The molecule has 0 radical (unpaired) electrons. The van der Waals surface area contributed by atoms with Gasteiger partial charge in [0.15, 0.2) is 17.2 Å². The normalized spacial score (nSPS) is 22.2. The maximum atomic E-state index is 13.9. The molecule has 5 rings (SSSR count). The molecule has 3 unspecified atom stereocenters. The van der Waals surface area contributed by atoms with Gasteiger partial charge in [0.25, 0.3) is 0 Å². The van der Waals surface area contributed by atoms with Crippen LogP contribution in [0.4, 0.5) is 10.5 Å². The van der Waals surface area contributed by atoms with Crippen LogP contribution in [-0.4, -0.2) is 36.2 Å². The van der Waals surface area contributed by atoms with E-state index in [2.05, 4.69) is 10.6 Å². The average Bonchev–Trinajstić information content (AvgIpc) is 2.85. The first-order valence-corrected chi connectivity index (χ1v) is 12.2. The number of nitrogens with one attached hydrogen (secondary N) is 2. The Bertz CT molecular complexity index is 1310. The highest BCUT2D eigenvalue weighted by Crippen LogP contribution is 2.51. The summed E-state index contributed by atoms with van der Waals surface area (Å²) in [5.74, 6) is 0.197. The number of rotatable bonds is 6. The van der Waals surface area contributed by atoms with E-state index in [9.17, 15) is 9.59 Å². The predicted molar refractivity (Wildman–Crippen MR) is 138 cm³/mol. The van der Waals surface area contributed by atoms with Crippen LogP contribution in [0.25, 0.3) is 0 Å². The van der Waals surface area contributed by atoms with Gasteiger partial charge in [-0.3, -0.25) is 9.69 Å². The first-order chi connectivity index (χ1) is 17.3. The molecular weight excluding hydrogens is 454 g/mol. The topological polar surface area (TPSA) is 79.9 Å². The van der Waals surface area contributed by atoms with Crippen LogP contribution >= 0.6 is 0 Å². The fraction of sp³-hybridized carbons (Fsp3) is 0.310. The van der Waals surface area contributed by atoms with E-state index in [4.69, 9.17) is 9.47 Å². The molecule has 0 saturated carbocycles. The lowest BCUT2D eigenvalue weighted by atomic mass is 9.78. The van der Waals surface area contributed by atoms with Gasteiger partial charge in [0.1, 0.15) is 5.92 Å². The van der Waals surface area contributed by atoms with Crippen LogP contribution in [0, 0.1) is 19.8 Å². The minimum Gasteiger partial charge on any atom is -0.493 e. The third-order valence-electron chi connectivity index (χ3n) is 7.23. The third-order valence-corrected chi connectivity index (χ3v) is 7.23. The molecule has 7 nitrogen and oxygen atoms in total. The minimum atomic E-state index is -1.23. The summed E-state index contributed by atoms with van der Waals surface area (Å²) in [6.45, 7) is 6.20. The van der Waals surface area contributed by atoms with E-state index in [1.807, 2.05) is 87.5 Å². The van der Waals surface area contributed by atoms with Crippen molar-refractivity contribution in [3.63, 3.8) is 0 Å². The fourth-order valence-electron chi connectivity index (χ4n) is 5.37. The number of urea groups is 1. The second kappa shape index (κ2) is 9.22. The molecule has 36 heavy (non-hydrogen) atoms. The van der Waals surface area contributed by atoms with Crippen molar-refractivity contribution in [1.82, 2.24) is 10.2 Å². The molecule has 7 heteroatoms. The molecule has 1 fully saturated rings. The van der Waals surface area contributed by atoms with E-state index in [1.54, 1.807) is 12.0 Å². The Morgan fingerprint density at radius 3 is 2.61 bits per heavy atom. The van der Waals surface area contributed by atoms with Crippen molar-refractivity contribution in [1.29, 1.82) is 0 Å². The third kappa shape index (κ3) is 4.04. The summed E-state index contributed by atoms with van der Waals surface area (Å²) in [5.41, 5.74) is 3.43. The second-order valence-electron chi connectivity index (χ2n) is 9.64. The van der Waals surface area contributed by atoms with Crippen LogP contribution in [0.2, 0.25) is 0 Å². The molecule has 2 aliphatic heterocycles. The largest absolute Gasteiger partial charge is 0.493 e. The van der Waals surface area contributed by atoms with Gasteiger partial charge < -0.3 is 20.1 Å². The maximum absolute atomic E-state index is 13.9. The number of hydrogen-bond acceptors (Lipinski definition) is 4. The quantitative estimate of drug-likeness (QED) is 0.516. The number of ether oxygens (including phenoxy) is 2. The van der Waals surface area contributed by atoms with Crippen LogP contribution in [0.3, 0.4) is 0 Å². The molecule has 1 saturated heterocycles. The number of para-hydroxylation sites is 1. The number of anilines is 1. The molecule has 186 valence electrons. The lowest BCUT2D eigenvalue weighted by molar-refractivity contribution is -0.154. The van der Waals surface area contributed by atoms with E-state index in [0.717, 1.165) is 27.9 Å². The van der Waals surface area contributed by atoms with Crippen LogP contribution in [0.15, 0.2) is 66.7 Å². The second-order valence-corrected chi connectivity index (χ2v) is 9.64. The van der Waals surface area contributed by atoms with Crippen LogP contribution in [0.1, 0.15) is 35.2 Å². The zero-order valence-electron chi connectivity index (χ0n) is 21.0. The maximum Gasteiger partial charge on any atom is 0.321 e. The number of methoxy groups -OCH3 is 1. The highest BCUT2D eigenvalue weighted by atomic mass is 16.5. The number of amides is 3. The number of benzene rings is 3. The van der Waals surface area contributed by atoms with Crippen molar-refractivity contribution < 1.29 is 19.1 Å². The van der Waals surface area contributed by atoms with Crippen LogP contribution in [-0.2, 0) is 11.2 Å². The summed E-state index contributed by atoms with van der Waals surface area (Å²) < 4.78 is 12.2. The number of nitrogens with zero attached hydrogens (tertiary/aromatic N) is 1. The number of fused-ring (bicyclic) bond motifs is 4. The molecule has 0 aliphatic carbocycles. The van der Waals surface area contributed by atoms with Crippen molar-refractivity contribution in [3.8, 4) is 11.5 Å². The molecule has 2 aliphatic rings. The molecule has 0 aromatic heterocycles. The van der Waals surface area contributed by atoms with Crippen LogP contribution < -0.4 is 20.1 Å². The van der Waals surface area contributed by atoms with Crippen molar-refractivity contribution in [2.75, 3.05) is 19.0 Å². The summed E-state index contributed by atoms with van der Waals surface area (Å²) in [7, 11) is 1.59. The average molecular weight is 486 g/mol. The highest BCUT2D eigenvalue weighted by molar-refractivity contribution is 5.96. The van der Waals surface area contributed by atoms with Gasteiger partial charge in [-0.25, -0.2) is 4.79 Å². The molecular formula is C29H31N3O4. The molecule has 3 aromatic carbocycles. The molecule has 2 N–H and O–H groups in total. The lowest BCUT2D eigenvalue weighted by Gasteiger charge is -2.54. The predicted octanol–water partition coefficient (Wildman–Crippen LogP) is 4.98. The smallest absolute Gasteiger partial charge is 0.321 e. The Labute approximate surface area is 211 Å². The van der Waals surface area contributed by atoms with Gasteiger partial charge in [0.2, 0.25) is 5.91 Å². The Morgan fingerprint density at radius 2 is 1.89 bits per heavy atom. The van der Waals surface area contributed by atoms with E-state index in [1.165, 1.54) is 0 Å². The van der Waals surface area contributed by atoms with Crippen molar-refractivity contribution >= 4 is 17.6 Å². The Kier molecular flexibility index (Phi) is 6.08. The standard InChI is InChI=1S/C29H31N3O4/c1-18-13-14-22(19(2)17-18)30-27(33)24-25-21-11-8-12-23(35-4)26(21)36-29(24,3)32(28(34)31-25)16-15-20-9-6-5-7-10-20/h5-14,17,24-25H,15-16H2,1-4H3,(H,30,33)(H,31,34).